The predicted octanol–water partition coefficient (Wildman–Crippen LogP) is 1.21. The zero-order valence-corrected chi connectivity index (χ0v) is 11.7. The molecule has 0 amide bonds. The highest BCUT2D eigenvalue weighted by molar-refractivity contribution is 5.56. The molecule has 0 unspecified atom stereocenters. The molecule has 1 aromatic rings. The summed E-state index contributed by atoms with van der Waals surface area (Å²) in [5.74, 6) is 7.76. The van der Waals surface area contributed by atoms with Crippen molar-refractivity contribution in [3.8, 4) is 0 Å². The van der Waals surface area contributed by atoms with Gasteiger partial charge in [-0.1, -0.05) is 6.92 Å². The van der Waals surface area contributed by atoms with Gasteiger partial charge in [-0.25, -0.2) is 15.8 Å². The van der Waals surface area contributed by atoms with E-state index in [1.165, 1.54) is 12.8 Å². The van der Waals surface area contributed by atoms with E-state index in [-0.39, 0.29) is 12.0 Å². The summed E-state index contributed by atoms with van der Waals surface area (Å²) in [4.78, 5) is 8.85. The summed E-state index contributed by atoms with van der Waals surface area (Å²) in [5.41, 5.74) is 3.81. The Bertz CT molecular complexity index is 445. The van der Waals surface area contributed by atoms with Gasteiger partial charge in [-0.2, -0.15) is 0 Å². The molecule has 5 N–H and O–H groups in total. The maximum absolute atomic E-state index is 9.08. The van der Waals surface area contributed by atoms with Gasteiger partial charge in [0.2, 0.25) is 0 Å². The van der Waals surface area contributed by atoms with Crippen LogP contribution in [0, 0.1) is 12.3 Å². The number of aromatic nitrogens is 2. The van der Waals surface area contributed by atoms with Crippen molar-refractivity contribution >= 4 is 11.6 Å². The fourth-order valence-electron chi connectivity index (χ4n) is 2.23. The SMILES string of the molecule is CCc1nc(NN)c(C)c(NCC2(CCO)CC2)n1. The normalized spacial score (nSPS) is 16.2. The second kappa shape index (κ2) is 5.71. The standard InChI is InChI=1S/C13H23N5O/c1-3-10-16-11(9(2)12(17-10)18-14)15-8-13(4-5-13)6-7-19/h19H,3-8,14H2,1-2H3,(H2,15,16,17,18). The van der Waals surface area contributed by atoms with Crippen LogP contribution in [0.1, 0.15) is 37.6 Å². The first-order valence-electron chi connectivity index (χ1n) is 6.83. The van der Waals surface area contributed by atoms with E-state index < -0.39 is 0 Å². The summed E-state index contributed by atoms with van der Waals surface area (Å²) in [5, 5.41) is 12.5. The molecule has 0 saturated heterocycles. The van der Waals surface area contributed by atoms with Crippen LogP contribution in [-0.4, -0.2) is 28.2 Å². The molecule has 0 bridgehead atoms. The van der Waals surface area contributed by atoms with Crippen molar-refractivity contribution in [1.29, 1.82) is 0 Å². The minimum absolute atomic E-state index is 0.250. The molecule has 106 valence electrons. The number of hydrogen-bond donors (Lipinski definition) is 4. The van der Waals surface area contributed by atoms with E-state index in [9.17, 15) is 0 Å². The molecule has 0 aromatic carbocycles. The molecule has 0 aliphatic heterocycles. The second-order valence-corrected chi connectivity index (χ2v) is 5.29. The molecule has 6 nitrogen and oxygen atoms in total. The van der Waals surface area contributed by atoms with Gasteiger partial charge < -0.3 is 15.8 Å². The Morgan fingerprint density at radius 3 is 2.53 bits per heavy atom. The number of aliphatic hydroxyl groups is 1. The van der Waals surface area contributed by atoms with Crippen LogP contribution in [0.15, 0.2) is 0 Å². The number of anilines is 2. The van der Waals surface area contributed by atoms with Gasteiger partial charge in [0.05, 0.1) is 0 Å². The third kappa shape index (κ3) is 3.13. The summed E-state index contributed by atoms with van der Waals surface area (Å²) >= 11 is 0. The summed E-state index contributed by atoms with van der Waals surface area (Å²) < 4.78 is 0. The first-order chi connectivity index (χ1) is 9.14. The average molecular weight is 265 g/mol. The molecule has 1 saturated carbocycles. The minimum atomic E-state index is 0.250. The van der Waals surface area contributed by atoms with Crippen molar-refractivity contribution in [2.45, 2.75) is 39.5 Å². The van der Waals surface area contributed by atoms with Crippen molar-refractivity contribution in [2.24, 2.45) is 11.3 Å². The first-order valence-corrected chi connectivity index (χ1v) is 6.83. The van der Waals surface area contributed by atoms with E-state index in [2.05, 4.69) is 20.7 Å². The maximum atomic E-state index is 9.08. The van der Waals surface area contributed by atoms with Crippen LogP contribution in [-0.2, 0) is 6.42 Å². The molecule has 6 heteroatoms. The van der Waals surface area contributed by atoms with Gasteiger partial charge in [-0.05, 0) is 31.6 Å². The summed E-state index contributed by atoms with van der Waals surface area (Å²) in [7, 11) is 0. The van der Waals surface area contributed by atoms with Crippen LogP contribution in [0.4, 0.5) is 11.6 Å². The van der Waals surface area contributed by atoms with E-state index >= 15 is 0 Å². The van der Waals surface area contributed by atoms with Crippen LogP contribution in [0.2, 0.25) is 0 Å². The number of nitrogens with one attached hydrogen (secondary N) is 2. The lowest BCUT2D eigenvalue weighted by molar-refractivity contribution is 0.253. The lowest BCUT2D eigenvalue weighted by Crippen LogP contribution is -2.20. The van der Waals surface area contributed by atoms with Gasteiger partial charge in [0.15, 0.2) is 0 Å². The molecule has 1 fully saturated rings. The Balaban J connectivity index is 2.11. The number of nitrogens with two attached hydrogens (primary N) is 1. The molecule has 1 aliphatic carbocycles. The monoisotopic (exact) mass is 265 g/mol. The number of aryl methyl sites for hydroxylation is 1. The zero-order valence-electron chi connectivity index (χ0n) is 11.7. The van der Waals surface area contributed by atoms with Gasteiger partial charge in [-0.15, -0.1) is 0 Å². The molecule has 19 heavy (non-hydrogen) atoms. The fraction of sp³-hybridized carbons (Fsp3) is 0.692. The third-order valence-corrected chi connectivity index (χ3v) is 3.88. The number of rotatable bonds is 7. The molecule has 1 aromatic heterocycles. The van der Waals surface area contributed by atoms with Gasteiger partial charge in [0.25, 0.3) is 0 Å². The number of nitrogen functional groups attached to an aromatic ring is 1. The molecular weight excluding hydrogens is 242 g/mol. The van der Waals surface area contributed by atoms with Crippen molar-refractivity contribution in [1.82, 2.24) is 9.97 Å². The average Bonchev–Trinajstić information content (AvgIpc) is 3.18. The minimum Gasteiger partial charge on any atom is -0.396 e. The van der Waals surface area contributed by atoms with Crippen molar-refractivity contribution in [3.05, 3.63) is 11.4 Å². The third-order valence-electron chi connectivity index (χ3n) is 3.88. The van der Waals surface area contributed by atoms with Gasteiger partial charge >= 0.3 is 0 Å². The van der Waals surface area contributed by atoms with Crippen molar-refractivity contribution < 1.29 is 5.11 Å². The van der Waals surface area contributed by atoms with Gasteiger partial charge in [0.1, 0.15) is 17.5 Å². The first kappa shape index (κ1) is 14.0. The number of hydrogen-bond acceptors (Lipinski definition) is 6. The Hall–Kier alpha value is -1.40. The molecule has 0 radical (unpaired) electrons. The molecule has 1 aliphatic rings. The van der Waals surface area contributed by atoms with Crippen LogP contribution in [0.25, 0.3) is 0 Å². The Kier molecular flexibility index (Phi) is 4.21. The molecule has 0 spiro atoms. The van der Waals surface area contributed by atoms with E-state index in [0.717, 1.165) is 36.6 Å². The number of hydrazine groups is 1. The summed E-state index contributed by atoms with van der Waals surface area (Å²) in [6.45, 7) is 5.06. The largest absolute Gasteiger partial charge is 0.396 e. The van der Waals surface area contributed by atoms with Crippen LogP contribution < -0.4 is 16.6 Å². The van der Waals surface area contributed by atoms with E-state index in [0.29, 0.717) is 5.82 Å². The molecule has 2 rings (SSSR count). The van der Waals surface area contributed by atoms with E-state index in [1.54, 1.807) is 0 Å². The number of nitrogens with zero attached hydrogens (tertiary/aromatic N) is 2. The topological polar surface area (TPSA) is 96.1 Å². The van der Waals surface area contributed by atoms with Crippen LogP contribution in [0.3, 0.4) is 0 Å². The van der Waals surface area contributed by atoms with Gasteiger partial charge in [-0.3, -0.25) is 0 Å². The van der Waals surface area contributed by atoms with Gasteiger partial charge in [0, 0.05) is 25.1 Å². The zero-order chi connectivity index (χ0) is 13.9. The van der Waals surface area contributed by atoms with E-state index in [1.807, 2.05) is 13.8 Å². The Morgan fingerprint density at radius 2 is 2.00 bits per heavy atom. The highest BCUT2D eigenvalue weighted by Crippen LogP contribution is 2.48. The highest BCUT2D eigenvalue weighted by Gasteiger charge is 2.41. The lowest BCUT2D eigenvalue weighted by Gasteiger charge is -2.17. The van der Waals surface area contributed by atoms with Crippen LogP contribution in [0.5, 0.6) is 0 Å². The van der Waals surface area contributed by atoms with E-state index in [4.69, 9.17) is 10.9 Å². The smallest absolute Gasteiger partial charge is 0.148 e. The summed E-state index contributed by atoms with van der Waals surface area (Å²) in [6.07, 6.45) is 3.97. The lowest BCUT2D eigenvalue weighted by atomic mass is 10.0. The highest BCUT2D eigenvalue weighted by atomic mass is 16.3. The van der Waals surface area contributed by atoms with Crippen molar-refractivity contribution in [2.75, 3.05) is 23.9 Å². The molecule has 1 heterocycles. The second-order valence-electron chi connectivity index (χ2n) is 5.29. The molecular formula is C13H23N5O. The fourth-order valence-corrected chi connectivity index (χ4v) is 2.23. The number of aliphatic hydroxyl groups excluding tert-OH is 1. The Labute approximate surface area is 113 Å². The van der Waals surface area contributed by atoms with Crippen LogP contribution >= 0.6 is 0 Å². The predicted molar refractivity (Wildman–Crippen MR) is 75.8 cm³/mol. The quantitative estimate of drug-likeness (QED) is 0.437. The Morgan fingerprint density at radius 1 is 1.32 bits per heavy atom. The molecule has 0 atom stereocenters. The summed E-state index contributed by atoms with van der Waals surface area (Å²) in [6, 6.07) is 0. The maximum Gasteiger partial charge on any atom is 0.148 e. The van der Waals surface area contributed by atoms with Crippen molar-refractivity contribution in [3.63, 3.8) is 0 Å².